The van der Waals surface area contributed by atoms with E-state index in [1.54, 1.807) is 6.92 Å². The molecule has 0 bridgehead atoms. The molecule has 2 aliphatic heterocycles. The second kappa shape index (κ2) is 1.96. The molecule has 0 aromatic carbocycles. The zero-order valence-electron chi connectivity index (χ0n) is 6.53. The first kappa shape index (κ1) is 7.08. The first-order valence-corrected chi connectivity index (χ1v) is 3.57. The van der Waals surface area contributed by atoms with Gasteiger partial charge in [0.25, 0.3) is 5.91 Å². The van der Waals surface area contributed by atoms with Crippen molar-refractivity contribution in [3.8, 4) is 0 Å². The molecule has 2 heterocycles. The van der Waals surface area contributed by atoms with Gasteiger partial charge in [0.15, 0.2) is 17.7 Å². The maximum absolute atomic E-state index is 11.3. The molecule has 2 atom stereocenters. The van der Waals surface area contributed by atoms with Crippen LogP contribution in [-0.4, -0.2) is 29.9 Å². The third-order valence-corrected chi connectivity index (χ3v) is 1.97. The quantitative estimate of drug-likeness (QED) is 0.395. The van der Waals surface area contributed by atoms with Gasteiger partial charge in [-0.25, -0.2) is 4.99 Å². The van der Waals surface area contributed by atoms with Gasteiger partial charge in [0.1, 0.15) is 0 Å². The molecule has 0 aromatic rings. The van der Waals surface area contributed by atoms with E-state index in [0.717, 1.165) is 0 Å². The number of nitrogens with zero attached hydrogens (tertiary/aromatic N) is 2. The first-order valence-electron chi connectivity index (χ1n) is 3.57. The first-order chi connectivity index (χ1) is 5.62. The standard InChI is InChI=1S/C6H9N5O/c1-6-3(8-2-9-6)4(12)10-5(7)11-6/h2-3H,1H3,(H,8,9)(H3,7,10,11,12). The number of carbonyl (C=O) groups is 1. The summed E-state index contributed by atoms with van der Waals surface area (Å²) in [5.74, 6) is -0.0806. The molecule has 64 valence electrons. The van der Waals surface area contributed by atoms with Gasteiger partial charge in [0.2, 0.25) is 0 Å². The van der Waals surface area contributed by atoms with Gasteiger partial charge in [0, 0.05) is 0 Å². The Morgan fingerprint density at radius 1 is 1.75 bits per heavy atom. The van der Waals surface area contributed by atoms with Crippen LogP contribution < -0.4 is 16.4 Å². The van der Waals surface area contributed by atoms with Crippen LogP contribution in [0.5, 0.6) is 0 Å². The molecule has 0 aliphatic carbocycles. The van der Waals surface area contributed by atoms with Crippen LogP contribution in [0, 0.1) is 0 Å². The summed E-state index contributed by atoms with van der Waals surface area (Å²) in [6.07, 6.45) is 1.48. The predicted octanol–water partition coefficient (Wildman–Crippen LogP) is -1.85. The largest absolute Gasteiger partial charge is 0.370 e. The smallest absolute Gasteiger partial charge is 0.256 e. The van der Waals surface area contributed by atoms with Crippen molar-refractivity contribution in [3.63, 3.8) is 0 Å². The Labute approximate surface area is 68.9 Å². The number of rotatable bonds is 0. The third kappa shape index (κ3) is 0.775. The Bertz CT molecular complexity index is 296. The summed E-state index contributed by atoms with van der Waals surface area (Å²) < 4.78 is 0. The highest BCUT2D eigenvalue weighted by molar-refractivity contribution is 6.03. The Balaban J connectivity index is 2.42. The number of guanidine groups is 1. The average Bonchev–Trinajstić information content (AvgIpc) is 2.29. The average molecular weight is 167 g/mol. The van der Waals surface area contributed by atoms with Crippen molar-refractivity contribution >= 4 is 18.2 Å². The van der Waals surface area contributed by atoms with Crippen LogP contribution in [0.15, 0.2) is 9.98 Å². The van der Waals surface area contributed by atoms with Crippen LogP contribution >= 0.6 is 0 Å². The second-order valence-electron chi connectivity index (χ2n) is 2.96. The van der Waals surface area contributed by atoms with Crippen LogP contribution in [-0.2, 0) is 4.79 Å². The molecule has 2 aliphatic rings. The summed E-state index contributed by atoms with van der Waals surface area (Å²) in [4.78, 5) is 19.3. The van der Waals surface area contributed by atoms with E-state index in [0.29, 0.717) is 0 Å². The van der Waals surface area contributed by atoms with E-state index < -0.39 is 11.7 Å². The van der Waals surface area contributed by atoms with Crippen molar-refractivity contribution in [3.05, 3.63) is 0 Å². The summed E-state index contributed by atoms with van der Waals surface area (Å²) in [5, 5.41) is 5.29. The van der Waals surface area contributed by atoms with Gasteiger partial charge in [-0.15, -0.1) is 0 Å². The molecule has 2 unspecified atom stereocenters. The second-order valence-corrected chi connectivity index (χ2v) is 2.96. The molecule has 2 rings (SSSR count). The van der Waals surface area contributed by atoms with Crippen LogP contribution in [0.3, 0.4) is 0 Å². The highest BCUT2D eigenvalue weighted by Gasteiger charge is 2.44. The predicted molar refractivity (Wildman–Crippen MR) is 43.6 cm³/mol. The topological polar surface area (TPSA) is 91.9 Å². The van der Waals surface area contributed by atoms with E-state index in [-0.39, 0.29) is 11.9 Å². The lowest BCUT2D eigenvalue weighted by Gasteiger charge is -2.29. The van der Waals surface area contributed by atoms with Crippen LogP contribution in [0.2, 0.25) is 0 Å². The Morgan fingerprint density at radius 3 is 3.25 bits per heavy atom. The molecule has 0 fully saturated rings. The van der Waals surface area contributed by atoms with Crippen LogP contribution in [0.1, 0.15) is 6.92 Å². The van der Waals surface area contributed by atoms with Gasteiger partial charge in [-0.3, -0.25) is 15.1 Å². The van der Waals surface area contributed by atoms with Gasteiger partial charge < -0.3 is 11.1 Å². The Morgan fingerprint density at radius 2 is 2.50 bits per heavy atom. The van der Waals surface area contributed by atoms with Crippen molar-refractivity contribution in [2.24, 2.45) is 15.7 Å². The highest BCUT2D eigenvalue weighted by Crippen LogP contribution is 2.21. The van der Waals surface area contributed by atoms with Crippen LogP contribution in [0.25, 0.3) is 0 Å². The minimum atomic E-state index is -0.688. The van der Waals surface area contributed by atoms with E-state index >= 15 is 0 Å². The van der Waals surface area contributed by atoms with Crippen molar-refractivity contribution in [1.29, 1.82) is 0 Å². The van der Waals surface area contributed by atoms with Gasteiger partial charge in [-0.2, -0.15) is 0 Å². The fourth-order valence-corrected chi connectivity index (χ4v) is 1.36. The number of amides is 1. The monoisotopic (exact) mass is 167 g/mol. The van der Waals surface area contributed by atoms with E-state index in [1.165, 1.54) is 6.34 Å². The number of hydrogen-bond donors (Lipinski definition) is 3. The van der Waals surface area contributed by atoms with Crippen molar-refractivity contribution in [2.45, 2.75) is 18.6 Å². The van der Waals surface area contributed by atoms with E-state index in [2.05, 4.69) is 20.6 Å². The lowest BCUT2D eigenvalue weighted by molar-refractivity contribution is -0.122. The molecular formula is C6H9N5O. The molecule has 12 heavy (non-hydrogen) atoms. The molecule has 1 amide bonds. The number of fused-ring (bicyclic) bond motifs is 1. The molecule has 0 spiro atoms. The fraction of sp³-hybridized carbons (Fsp3) is 0.500. The summed E-state index contributed by atoms with van der Waals surface area (Å²) in [5.41, 5.74) is 4.70. The van der Waals surface area contributed by atoms with Gasteiger partial charge in [0.05, 0.1) is 6.34 Å². The maximum Gasteiger partial charge on any atom is 0.256 e. The fourth-order valence-electron chi connectivity index (χ4n) is 1.36. The molecule has 6 heteroatoms. The SMILES string of the molecule is CC12N=C(N)NC(=O)C1N=CN2. The normalized spacial score (nSPS) is 38.2. The van der Waals surface area contributed by atoms with Gasteiger partial charge >= 0.3 is 0 Å². The number of nitrogens with one attached hydrogen (secondary N) is 2. The van der Waals surface area contributed by atoms with Crippen molar-refractivity contribution in [1.82, 2.24) is 10.6 Å². The Kier molecular flexibility index (Phi) is 1.16. The zero-order chi connectivity index (χ0) is 8.77. The molecule has 6 nitrogen and oxygen atoms in total. The number of aliphatic imine (C=N–C) groups is 2. The lowest BCUT2D eigenvalue weighted by atomic mass is 10.0. The molecule has 4 N–H and O–H groups in total. The van der Waals surface area contributed by atoms with E-state index in [1.807, 2.05) is 0 Å². The highest BCUT2D eigenvalue weighted by atomic mass is 16.2. The van der Waals surface area contributed by atoms with E-state index in [4.69, 9.17) is 5.73 Å². The third-order valence-electron chi connectivity index (χ3n) is 1.97. The molecule has 0 aromatic heterocycles. The summed E-state index contributed by atoms with van der Waals surface area (Å²) in [7, 11) is 0. The molecule has 0 radical (unpaired) electrons. The number of carbonyl (C=O) groups excluding carboxylic acids is 1. The molecule has 0 saturated carbocycles. The van der Waals surface area contributed by atoms with Gasteiger partial charge in [-0.1, -0.05) is 0 Å². The summed E-state index contributed by atoms with van der Waals surface area (Å²) in [6, 6.07) is -0.496. The minimum Gasteiger partial charge on any atom is -0.370 e. The van der Waals surface area contributed by atoms with E-state index in [9.17, 15) is 4.79 Å². The molecular weight excluding hydrogens is 158 g/mol. The zero-order valence-corrected chi connectivity index (χ0v) is 6.53. The minimum absolute atomic E-state index is 0.136. The summed E-state index contributed by atoms with van der Waals surface area (Å²) in [6.45, 7) is 1.77. The lowest BCUT2D eigenvalue weighted by Crippen LogP contribution is -2.59. The van der Waals surface area contributed by atoms with Crippen LogP contribution in [0.4, 0.5) is 0 Å². The summed E-state index contributed by atoms with van der Waals surface area (Å²) >= 11 is 0. The number of hydrogen-bond acceptors (Lipinski definition) is 5. The van der Waals surface area contributed by atoms with Crippen molar-refractivity contribution in [2.75, 3.05) is 0 Å². The van der Waals surface area contributed by atoms with Gasteiger partial charge in [-0.05, 0) is 6.92 Å². The maximum atomic E-state index is 11.3. The Hall–Kier alpha value is -1.59. The molecule has 0 saturated heterocycles. The van der Waals surface area contributed by atoms with Crippen molar-refractivity contribution < 1.29 is 4.79 Å². The number of nitrogens with two attached hydrogens (primary N) is 1.